The molecule has 0 radical (unpaired) electrons. The van der Waals surface area contributed by atoms with Gasteiger partial charge in [-0.15, -0.1) is 23.1 Å². The van der Waals surface area contributed by atoms with Crippen molar-refractivity contribution in [1.82, 2.24) is 4.90 Å². The molecule has 3 rings (SSSR count). The number of rotatable bonds is 8. The maximum atomic E-state index is 13.1. The SMILES string of the molecule is COc1ccc(CN(C)C(=O)c2ccccc2SCc2cccs2)c(OC)c1. The molecule has 0 aliphatic heterocycles. The lowest BCUT2D eigenvalue weighted by atomic mass is 10.1. The van der Waals surface area contributed by atoms with Gasteiger partial charge in [-0.3, -0.25) is 4.79 Å². The molecule has 1 amide bonds. The van der Waals surface area contributed by atoms with E-state index in [4.69, 9.17) is 9.47 Å². The van der Waals surface area contributed by atoms with Crippen molar-refractivity contribution in [3.05, 3.63) is 76.0 Å². The van der Waals surface area contributed by atoms with Crippen molar-refractivity contribution in [3.8, 4) is 11.5 Å². The molecular formula is C22H23NO3S2. The maximum Gasteiger partial charge on any atom is 0.255 e. The zero-order chi connectivity index (χ0) is 19.9. The van der Waals surface area contributed by atoms with Crippen LogP contribution in [0.25, 0.3) is 0 Å². The minimum atomic E-state index is -0.00727. The second-order valence-electron chi connectivity index (χ2n) is 6.20. The fourth-order valence-electron chi connectivity index (χ4n) is 2.83. The number of benzene rings is 2. The third-order valence-corrected chi connectivity index (χ3v) is 6.50. The molecule has 0 fully saturated rings. The number of amides is 1. The molecule has 0 aliphatic carbocycles. The monoisotopic (exact) mass is 413 g/mol. The average molecular weight is 414 g/mol. The minimum absolute atomic E-state index is 0.00727. The highest BCUT2D eigenvalue weighted by Gasteiger charge is 2.18. The largest absolute Gasteiger partial charge is 0.497 e. The normalized spacial score (nSPS) is 10.5. The second kappa shape index (κ2) is 9.66. The van der Waals surface area contributed by atoms with Gasteiger partial charge in [0.1, 0.15) is 11.5 Å². The van der Waals surface area contributed by atoms with Crippen LogP contribution in [0.15, 0.2) is 64.9 Å². The van der Waals surface area contributed by atoms with Crippen molar-refractivity contribution in [2.24, 2.45) is 0 Å². The number of carbonyl (C=O) groups is 1. The number of nitrogens with zero attached hydrogens (tertiary/aromatic N) is 1. The number of ether oxygens (including phenoxy) is 2. The molecule has 0 atom stereocenters. The third kappa shape index (κ3) is 4.88. The molecule has 0 unspecified atom stereocenters. The van der Waals surface area contributed by atoms with Gasteiger partial charge < -0.3 is 14.4 Å². The Morgan fingerprint density at radius 2 is 1.89 bits per heavy atom. The molecule has 0 aliphatic rings. The van der Waals surface area contributed by atoms with Gasteiger partial charge in [0.15, 0.2) is 0 Å². The van der Waals surface area contributed by atoms with Crippen LogP contribution in [0.2, 0.25) is 0 Å². The predicted molar refractivity (Wildman–Crippen MR) is 116 cm³/mol. The Labute approximate surface area is 174 Å². The highest BCUT2D eigenvalue weighted by atomic mass is 32.2. The molecule has 146 valence electrons. The quantitative estimate of drug-likeness (QED) is 0.468. The number of carbonyl (C=O) groups excluding carboxylic acids is 1. The third-order valence-electron chi connectivity index (χ3n) is 4.32. The summed E-state index contributed by atoms with van der Waals surface area (Å²) in [5, 5.41) is 2.07. The molecule has 0 N–H and O–H groups in total. The van der Waals surface area contributed by atoms with Gasteiger partial charge in [0.05, 0.1) is 19.8 Å². The summed E-state index contributed by atoms with van der Waals surface area (Å²) >= 11 is 3.42. The zero-order valence-corrected chi connectivity index (χ0v) is 17.8. The predicted octanol–water partition coefficient (Wildman–Crippen LogP) is 5.33. The summed E-state index contributed by atoms with van der Waals surface area (Å²) in [5.41, 5.74) is 1.65. The molecule has 2 aromatic carbocycles. The van der Waals surface area contributed by atoms with Gasteiger partial charge >= 0.3 is 0 Å². The second-order valence-corrected chi connectivity index (χ2v) is 8.25. The van der Waals surface area contributed by atoms with Crippen molar-refractivity contribution >= 4 is 29.0 Å². The van der Waals surface area contributed by atoms with Gasteiger partial charge in [0.2, 0.25) is 0 Å². The number of thiophene rings is 1. The number of methoxy groups -OCH3 is 2. The summed E-state index contributed by atoms with van der Waals surface area (Å²) in [7, 11) is 5.05. The van der Waals surface area contributed by atoms with E-state index in [-0.39, 0.29) is 5.91 Å². The lowest BCUT2D eigenvalue weighted by Crippen LogP contribution is -2.26. The zero-order valence-electron chi connectivity index (χ0n) is 16.2. The number of hydrogen-bond acceptors (Lipinski definition) is 5. The van der Waals surface area contributed by atoms with Gasteiger partial charge in [-0.2, -0.15) is 0 Å². The number of thioether (sulfide) groups is 1. The van der Waals surface area contributed by atoms with Crippen LogP contribution in [0.4, 0.5) is 0 Å². The molecule has 0 bridgehead atoms. The molecule has 6 heteroatoms. The van der Waals surface area contributed by atoms with E-state index in [1.807, 2.05) is 55.6 Å². The topological polar surface area (TPSA) is 38.8 Å². The maximum absolute atomic E-state index is 13.1. The van der Waals surface area contributed by atoms with Crippen LogP contribution >= 0.6 is 23.1 Å². The summed E-state index contributed by atoms with van der Waals surface area (Å²) in [6, 6.07) is 17.6. The van der Waals surface area contributed by atoms with Crippen LogP contribution in [0, 0.1) is 0 Å². The molecule has 0 spiro atoms. The smallest absolute Gasteiger partial charge is 0.255 e. The van der Waals surface area contributed by atoms with E-state index in [2.05, 4.69) is 11.4 Å². The van der Waals surface area contributed by atoms with Crippen molar-refractivity contribution < 1.29 is 14.3 Å². The Kier molecular flexibility index (Phi) is 7.01. The van der Waals surface area contributed by atoms with Crippen molar-refractivity contribution in [3.63, 3.8) is 0 Å². The van der Waals surface area contributed by atoms with E-state index in [0.717, 1.165) is 27.5 Å². The van der Waals surface area contributed by atoms with E-state index in [1.165, 1.54) is 4.88 Å². The van der Waals surface area contributed by atoms with Crippen LogP contribution in [0.1, 0.15) is 20.8 Å². The first-order valence-electron chi connectivity index (χ1n) is 8.83. The number of hydrogen-bond donors (Lipinski definition) is 0. The summed E-state index contributed by atoms with van der Waals surface area (Å²) in [6.07, 6.45) is 0. The molecule has 1 aromatic heterocycles. The highest BCUT2D eigenvalue weighted by molar-refractivity contribution is 7.98. The van der Waals surface area contributed by atoms with Gasteiger partial charge in [-0.1, -0.05) is 18.2 Å². The van der Waals surface area contributed by atoms with Crippen LogP contribution in [-0.4, -0.2) is 32.1 Å². The Hall–Kier alpha value is -2.44. The van der Waals surface area contributed by atoms with Crippen LogP contribution in [0.5, 0.6) is 11.5 Å². The molecule has 28 heavy (non-hydrogen) atoms. The summed E-state index contributed by atoms with van der Waals surface area (Å²) in [4.78, 5) is 17.1. The Morgan fingerprint density at radius 1 is 1.07 bits per heavy atom. The Balaban J connectivity index is 1.75. The van der Waals surface area contributed by atoms with Crippen LogP contribution < -0.4 is 9.47 Å². The summed E-state index contributed by atoms with van der Waals surface area (Å²) in [6.45, 7) is 0.454. The van der Waals surface area contributed by atoms with E-state index in [9.17, 15) is 4.79 Å². The summed E-state index contributed by atoms with van der Waals surface area (Å²) in [5.74, 6) is 2.29. The van der Waals surface area contributed by atoms with Crippen LogP contribution in [0.3, 0.4) is 0 Å². The minimum Gasteiger partial charge on any atom is -0.497 e. The first-order chi connectivity index (χ1) is 13.6. The van der Waals surface area contributed by atoms with E-state index < -0.39 is 0 Å². The molecule has 3 aromatic rings. The Morgan fingerprint density at radius 3 is 2.61 bits per heavy atom. The fourth-order valence-corrected chi connectivity index (χ4v) is 4.65. The van der Waals surface area contributed by atoms with E-state index in [1.54, 1.807) is 42.2 Å². The van der Waals surface area contributed by atoms with Crippen molar-refractivity contribution in [2.75, 3.05) is 21.3 Å². The standard InChI is InChI=1S/C22H23NO3S2/c1-23(14-16-10-11-17(25-2)13-20(16)26-3)22(24)19-8-4-5-9-21(19)28-15-18-7-6-12-27-18/h4-13H,14-15H2,1-3H3. The van der Waals surface area contributed by atoms with E-state index >= 15 is 0 Å². The van der Waals surface area contributed by atoms with Gasteiger partial charge in [-0.25, -0.2) is 0 Å². The fraction of sp³-hybridized carbons (Fsp3) is 0.227. The Bertz CT molecular complexity index is 925. The van der Waals surface area contributed by atoms with Gasteiger partial charge in [0, 0.05) is 40.7 Å². The van der Waals surface area contributed by atoms with Gasteiger partial charge in [-0.05, 0) is 35.7 Å². The molecule has 0 saturated carbocycles. The van der Waals surface area contributed by atoms with Gasteiger partial charge in [0.25, 0.3) is 5.91 Å². The lowest BCUT2D eigenvalue weighted by molar-refractivity contribution is 0.0781. The average Bonchev–Trinajstić information content (AvgIpc) is 3.25. The first-order valence-corrected chi connectivity index (χ1v) is 10.7. The van der Waals surface area contributed by atoms with Crippen LogP contribution in [-0.2, 0) is 12.3 Å². The van der Waals surface area contributed by atoms with Crippen molar-refractivity contribution in [2.45, 2.75) is 17.2 Å². The summed E-state index contributed by atoms with van der Waals surface area (Å²) < 4.78 is 10.7. The molecule has 4 nitrogen and oxygen atoms in total. The lowest BCUT2D eigenvalue weighted by Gasteiger charge is -2.20. The molecule has 1 heterocycles. The van der Waals surface area contributed by atoms with Crippen molar-refractivity contribution in [1.29, 1.82) is 0 Å². The highest BCUT2D eigenvalue weighted by Crippen LogP contribution is 2.30. The first kappa shape index (κ1) is 20.3. The van der Waals surface area contributed by atoms with E-state index in [0.29, 0.717) is 12.3 Å². The molecule has 0 saturated heterocycles. The molecular weight excluding hydrogens is 390 g/mol.